The minimum atomic E-state index is -0.506. The highest BCUT2D eigenvalue weighted by Gasteiger charge is 2.38. The molecule has 0 radical (unpaired) electrons. The summed E-state index contributed by atoms with van der Waals surface area (Å²) in [6.45, 7) is 2.01. The number of aliphatic hydroxyl groups is 1. The number of aliphatic hydroxyl groups excluding tert-OH is 1. The predicted molar refractivity (Wildman–Crippen MR) is 94.3 cm³/mol. The van der Waals surface area contributed by atoms with Crippen LogP contribution >= 0.6 is 11.3 Å². The van der Waals surface area contributed by atoms with Gasteiger partial charge in [-0.3, -0.25) is 9.69 Å². The predicted octanol–water partition coefficient (Wildman–Crippen LogP) is 0.731. The molecule has 0 aromatic carbocycles. The van der Waals surface area contributed by atoms with Crippen LogP contribution in [0.2, 0.25) is 0 Å². The van der Waals surface area contributed by atoms with Gasteiger partial charge in [0.1, 0.15) is 5.01 Å². The third-order valence-electron chi connectivity index (χ3n) is 4.81. The van der Waals surface area contributed by atoms with Crippen LogP contribution in [-0.2, 0) is 20.8 Å². The molecule has 140 valence electrons. The Labute approximate surface area is 152 Å². The van der Waals surface area contributed by atoms with Crippen LogP contribution < -0.4 is 0 Å². The Morgan fingerprint density at radius 2 is 2.28 bits per heavy atom. The first-order chi connectivity index (χ1) is 12.0. The number of carbonyl (C=O) groups excluding carboxylic acids is 1. The molecule has 0 bridgehead atoms. The molecule has 3 heterocycles. The van der Waals surface area contributed by atoms with E-state index in [9.17, 15) is 9.90 Å². The standard InChI is InChI=1S/C17H27N3O4S/c1-19(2)17(22)7-13-3-4-14-15(24-13)11-23-10-12(21)8-20(14)9-16-18-5-6-25-16/h5-6,12-15,21H,3-4,7-11H2,1-2H3/t12-,13-,14+,15-/m0/s1. The maximum absolute atomic E-state index is 12.0. The smallest absolute Gasteiger partial charge is 0.224 e. The maximum atomic E-state index is 12.0. The molecule has 7 nitrogen and oxygen atoms in total. The summed E-state index contributed by atoms with van der Waals surface area (Å²) in [5.41, 5.74) is 0. The normalized spacial score (nSPS) is 31.0. The zero-order valence-electron chi connectivity index (χ0n) is 14.8. The summed E-state index contributed by atoms with van der Waals surface area (Å²) in [7, 11) is 3.54. The lowest BCUT2D eigenvalue weighted by Crippen LogP contribution is -2.55. The van der Waals surface area contributed by atoms with Crippen LogP contribution in [0.1, 0.15) is 24.3 Å². The Hall–Kier alpha value is -1.06. The summed E-state index contributed by atoms with van der Waals surface area (Å²) in [6, 6.07) is 0.171. The largest absolute Gasteiger partial charge is 0.389 e. The number of hydrogen-bond donors (Lipinski definition) is 1. The van der Waals surface area contributed by atoms with Gasteiger partial charge in [-0.25, -0.2) is 4.98 Å². The molecule has 1 amide bonds. The van der Waals surface area contributed by atoms with Gasteiger partial charge in [0, 0.05) is 38.3 Å². The van der Waals surface area contributed by atoms with E-state index in [4.69, 9.17) is 9.47 Å². The average molecular weight is 369 g/mol. The zero-order valence-corrected chi connectivity index (χ0v) is 15.7. The van der Waals surface area contributed by atoms with Gasteiger partial charge in [0.05, 0.1) is 44.5 Å². The van der Waals surface area contributed by atoms with E-state index in [2.05, 4.69) is 9.88 Å². The number of rotatable bonds is 4. The average Bonchev–Trinajstić information content (AvgIpc) is 3.06. The Kier molecular flexibility index (Phi) is 6.40. The Balaban J connectivity index is 1.67. The van der Waals surface area contributed by atoms with Gasteiger partial charge < -0.3 is 19.5 Å². The molecule has 25 heavy (non-hydrogen) atoms. The van der Waals surface area contributed by atoms with Gasteiger partial charge in [-0.2, -0.15) is 0 Å². The van der Waals surface area contributed by atoms with Gasteiger partial charge in [0.15, 0.2) is 0 Å². The molecular weight excluding hydrogens is 342 g/mol. The summed E-state index contributed by atoms with van der Waals surface area (Å²) in [4.78, 5) is 20.2. The fourth-order valence-corrected chi connectivity index (χ4v) is 4.15. The van der Waals surface area contributed by atoms with Crippen molar-refractivity contribution in [2.75, 3.05) is 33.9 Å². The summed E-state index contributed by atoms with van der Waals surface area (Å²) in [5.74, 6) is 0.0882. The molecule has 1 aromatic heterocycles. The van der Waals surface area contributed by atoms with Crippen LogP contribution in [0.3, 0.4) is 0 Å². The Morgan fingerprint density at radius 1 is 1.44 bits per heavy atom. The van der Waals surface area contributed by atoms with Crippen LogP contribution in [-0.4, -0.2) is 84.0 Å². The highest BCUT2D eigenvalue weighted by Crippen LogP contribution is 2.29. The number of nitrogens with zero attached hydrogens (tertiary/aromatic N) is 3. The molecule has 1 aromatic rings. The van der Waals surface area contributed by atoms with Crippen molar-refractivity contribution in [3.05, 3.63) is 16.6 Å². The molecule has 0 saturated carbocycles. The number of carbonyl (C=O) groups is 1. The fraction of sp³-hybridized carbons (Fsp3) is 0.765. The lowest BCUT2D eigenvalue weighted by Gasteiger charge is -2.44. The molecule has 2 aliphatic rings. The molecule has 2 fully saturated rings. The molecule has 0 spiro atoms. The van der Waals surface area contributed by atoms with E-state index in [1.807, 2.05) is 5.38 Å². The number of ether oxygens (including phenoxy) is 2. The summed E-state index contributed by atoms with van der Waals surface area (Å²) >= 11 is 1.62. The van der Waals surface area contributed by atoms with Crippen LogP contribution in [0.15, 0.2) is 11.6 Å². The second kappa shape index (κ2) is 8.55. The lowest BCUT2D eigenvalue weighted by atomic mass is 9.94. The maximum Gasteiger partial charge on any atom is 0.224 e. The first-order valence-electron chi connectivity index (χ1n) is 8.76. The third-order valence-corrected chi connectivity index (χ3v) is 5.57. The first kappa shape index (κ1) is 18.7. The highest BCUT2D eigenvalue weighted by molar-refractivity contribution is 7.09. The van der Waals surface area contributed by atoms with Gasteiger partial charge in [0.25, 0.3) is 0 Å². The van der Waals surface area contributed by atoms with Crippen LogP contribution in [0.4, 0.5) is 0 Å². The highest BCUT2D eigenvalue weighted by atomic mass is 32.1. The number of thiazole rings is 1. The number of β-amino-alcohol motifs (C(OH)–C–C–N with tert-alkyl or cyclic N) is 1. The van der Waals surface area contributed by atoms with E-state index >= 15 is 0 Å². The first-order valence-corrected chi connectivity index (χ1v) is 9.64. The quantitative estimate of drug-likeness (QED) is 0.843. The number of amides is 1. The van der Waals surface area contributed by atoms with E-state index in [1.54, 1.807) is 36.5 Å². The van der Waals surface area contributed by atoms with Crippen molar-refractivity contribution in [2.45, 2.75) is 50.2 Å². The molecule has 1 N–H and O–H groups in total. The van der Waals surface area contributed by atoms with E-state index in [-0.39, 0.29) is 24.2 Å². The minimum Gasteiger partial charge on any atom is -0.389 e. The minimum absolute atomic E-state index is 0.0641. The number of hydrogen-bond acceptors (Lipinski definition) is 7. The van der Waals surface area contributed by atoms with Crippen molar-refractivity contribution in [3.63, 3.8) is 0 Å². The van der Waals surface area contributed by atoms with Crippen LogP contribution in [0.5, 0.6) is 0 Å². The van der Waals surface area contributed by atoms with Crippen molar-refractivity contribution in [1.29, 1.82) is 0 Å². The van der Waals surface area contributed by atoms with Crippen LogP contribution in [0.25, 0.3) is 0 Å². The van der Waals surface area contributed by atoms with Crippen molar-refractivity contribution >= 4 is 17.2 Å². The van der Waals surface area contributed by atoms with Crippen molar-refractivity contribution in [2.24, 2.45) is 0 Å². The van der Waals surface area contributed by atoms with Gasteiger partial charge >= 0.3 is 0 Å². The van der Waals surface area contributed by atoms with Gasteiger partial charge in [-0.1, -0.05) is 0 Å². The molecule has 4 atom stereocenters. The topological polar surface area (TPSA) is 75.1 Å². The fourth-order valence-electron chi connectivity index (χ4n) is 3.51. The lowest BCUT2D eigenvalue weighted by molar-refractivity contribution is -0.160. The van der Waals surface area contributed by atoms with E-state index in [0.717, 1.165) is 17.8 Å². The SMILES string of the molecule is CN(C)C(=O)C[C@@H]1CC[C@@H]2[C@H](COC[C@@H](O)CN2Cc2nccs2)O1. The molecule has 3 rings (SSSR count). The Morgan fingerprint density at radius 3 is 3.00 bits per heavy atom. The zero-order chi connectivity index (χ0) is 17.8. The second-order valence-corrected chi connectivity index (χ2v) is 7.96. The number of fused-ring (bicyclic) bond motifs is 1. The molecule has 8 heteroatoms. The molecule has 0 unspecified atom stereocenters. The van der Waals surface area contributed by atoms with Crippen molar-refractivity contribution < 1.29 is 19.4 Å². The summed E-state index contributed by atoms with van der Waals surface area (Å²) < 4.78 is 11.8. The monoisotopic (exact) mass is 369 g/mol. The molecule has 2 aliphatic heterocycles. The van der Waals surface area contributed by atoms with E-state index < -0.39 is 6.10 Å². The third kappa shape index (κ3) is 4.98. The van der Waals surface area contributed by atoms with Gasteiger partial charge in [-0.05, 0) is 12.8 Å². The van der Waals surface area contributed by atoms with Gasteiger partial charge in [-0.15, -0.1) is 11.3 Å². The number of aromatic nitrogens is 1. The van der Waals surface area contributed by atoms with Crippen molar-refractivity contribution in [1.82, 2.24) is 14.8 Å². The second-order valence-electron chi connectivity index (χ2n) is 6.98. The summed E-state index contributed by atoms with van der Waals surface area (Å²) in [6.07, 6.45) is 3.33. The molecule has 2 saturated heterocycles. The summed E-state index contributed by atoms with van der Waals surface area (Å²) in [5, 5.41) is 13.2. The van der Waals surface area contributed by atoms with E-state index in [1.165, 1.54) is 0 Å². The molecule has 0 aliphatic carbocycles. The Bertz CT molecular complexity index is 554. The van der Waals surface area contributed by atoms with E-state index in [0.29, 0.717) is 32.7 Å². The van der Waals surface area contributed by atoms with Gasteiger partial charge in [0.2, 0.25) is 5.91 Å². The molecular formula is C17H27N3O4S. The van der Waals surface area contributed by atoms with Crippen molar-refractivity contribution in [3.8, 4) is 0 Å². The van der Waals surface area contributed by atoms with Crippen LogP contribution in [0, 0.1) is 0 Å².